The van der Waals surface area contributed by atoms with Gasteiger partial charge < -0.3 is 9.47 Å². The fraction of sp³-hybridized carbons (Fsp3) is 0.516. The van der Waals surface area contributed by atoms with E-state index in [1.54, 1.807) is 0 Å². The Labute approximate surface area is 205 Å². The highest BCUT2D eigenvalue weighted by Crippen LogP contribution is 2.31. The van der Waals surface area contributed by atoms with E-state index in [2.05, 4.69) is 43.3 Å². The van der Waals surface area contributed by atoms with Crippen molar-refractivity contribution >= 4 is 27.5 Å². The van der Waals surface area contributed by atoms with Crippen LogP contribution in [0.15, 0.2) is 54.6 Å². The molecule has 0 aliphatic heterocycles. The number of benzene rings is 3. The van der Waals surface area contributed by atoms with E-state index >= 15 is 0 Å². The van der Waals surface area contributed by atoms with E-state index in [1.165, 1.54) is 55.7 Å². The molecule has 3 nitrogen and oxygen atoms in total. The van der Waals surface area contributed by atoms with Crippen LogP contribution in [0.4, 0.5) is 0 Å². The SMILES string of the molecule is CCCCCCCCCCCC(Oc1cccc2cc3ccccc3cc12)C(=O)OC(C)(C)C. The van der Waals surface area contributed by atoms with Gasteiger partial charge in [-0.3, -0.25) is 0 Å². The molecule has 0 aliphatic rings. The maximum absolute atomic E-state index is 13.0. The number of hydrogen-bond acceptors (Lipinski definition) is 3. The van der Waals surface area contributed by atoms with E-state index in [0.717, 1.165) is 29.4 Å². The third-order valence-corrected chi connectivity index (χ3v) is 6.22. The molecule has 1 unspecified atom stereocenters. The number of carbonyl (C=O) groups is 1. The van der Waals surface area contributed by atoms with Gasteiger partial charge in [-0.25, -0.2) is 4.79 Å². The third-order valence-electron chi connectivity index (χ3n) is 6.22. The number of unbranched alkanes of at least 4 members (excludes halogenated alkanes) is 8. The van der Waals surface area contributed by atoms with Gasteiger partial charge in [0.15, 0.2) is 6.10 Å². The first-order chi connectivity index (χ1) is 16.4. The van der Waals surface area contributed by atoms with Crippen LogP contribution in [0.25, 0.3) is 21.5 Å². The first kappa shape index (κ1) is 26.1. The average molecular weight is 463 g/mol. The molecular formula is C31H42O3. The van der Waals surface area contributed by atoms with Crippen LogP contribution in [-0.4, -0.2) is 17.7 Å². The molecule has 1 atom stereocenters. The lowest BCUT2D eigenvalue weighted by atomic mass is 10.0. The zero-order valence-corrected chi connectivity index (χ0v) is 21.6. The Morgan fingerprint density at radius 3 is 2.00 bits per heavy atom. The Morgan fingerprint density at radius 2 is 1.35 bits per heavy atom. The van der Waals surface area contributed by atoms with Crippen LogP contribution in [0, 0.1) is 0 Å². The smallest absolute Gasteiger partial charge is 0.347 e. The van der Waals surface area contributed by atoms with E-state index in [4.69, 9.17) is 9.47 Å². The fourth-order valence-corrected chi connectivity index (χ4v) is 4.43. The largest absolute Gasteiger partial charge is 0.478 e. The topological polar surface area (TPSA) is 35.5 Å². The molecular weight excluding hydrogens is 420 g/mol. The van der Waals surface area contributed by atoms with Crippen molar-refractivity contribution < 1.29 is 14.3 Å². The standard InChI is InChI=1S/C31H42O3/c1-5-6-7-8-9-10-11-12-13-20-29(30(32)34-31(2,3)4)33-28-21-16-19-26-22-24-17-14-15-18-25(24)23-27(26)28/h14-19,21-23,29H,5-13,20H2,1-4H3. The van der Waals surface area contributed by atoms with Crippen LogP contribution in [-0.2, 0) is 9.53 Å². The molecule has 3 aromatic carbocycles. The maximum atomic E-state index is 13.0. The minimum atomic E-state index is -0.596. The monoisotopic (exact) mass is 462 g/mol. The summed E-state index contributed by atoms with van der Waals surface area (Å²) in [5.41, 5.74) is -0.536. The minimum Gasteiger partial charge on any atom is -0.478 e. The fourth-order valence-electron chi connectivity index (χ4n) is 4.43. The lowest BCUT2D eigenvalue weighted by Gasteiger charge is -2.25. The van der Waals surface area contributed by atoms with Gasteiger partial charge in [0, 0.05) is 5.39 Å². The highest BCUT2D eigenvalue weighted by Gasteiger charge is 2.27. The van der Waals surface area contributed by atoms with Gasteiger partial charge in [-0.05, 0) is 68.0 Å². The number of esters is 1. The number of carbonyl (C=O) groups excluding carboxylic acids is 1. The Hall–Kier alpha value is -2.55. The predicted octanol–water partition coefficient (Wildman–Crippen LogP) is 9.00. The highest BCUT2D eigenvalue weighted by molar-refractivity contribution is 6.01. The molecule has 0 spiro atoms. The van der Waals surface area contributed by atoms with Gasteiger partial charge in [0.25, 0.3) is 0 Å². The Balaban J connectivity index is 1.67. The van der Waals surface area contributed by atoms with E-state index in [1.807, 2.05) is 39.0 Å². The summed E-state index contributed by atoms with van der Waals surface area (Å²) >= 11 is 0. The number of rotatable bonds is 13. The highest BCUT2D eigenvalue weighted by atomic mass is 16.6. The minimum absolute atomic E-state index is 0.273. The lowest BCUT2D eigenvalue weighted by molar-refractivity contribution is -0.163. The van der Waals surface area contributed by atoms with Gasteiger partial charge in [0.2, 0.25) is 0 Å². The van der Waals surface area contributed by atoms with E-state index in [0.29, 0.717) is 6.42 Å². The molecule has 0 heterocycles. The van der Waals surface area contributed by atoms with Crippen molar-refractivity contribution in [3.63, 3.8) is 0 Å². The van der Waals surface area contributed by atoms with Gasteiger partial charge >= 0.3 is 5.97 Å². The summed E-state index contributed by atoms with van der Waals surface area (Å²) in [7, 11) is 0. The number of fused-ring (bicyclic) bond motifs is 2. The van der Waals surface area contributed by atoms with Gasteiger partial charge in [-0.15, -0.1) is 0 Å². The van der Waals surface area contributed by atoms with Crippen LogP contribution in [0.1, 0.15) is 91.9 Å². The number of hydrogen-bond donors (Lipinski definition) is 0. The van der Waals surface area contributed by atoms with E-state index in [9.17, 15) is 4.79 Å². The van der Waals surface area contributed by atoms with Crippen LogP contribution < -0.4 is 4.74 Å². The average Bonchev–Trinajstić information content (AvgIpc) is 2.80. The molecule has 34 heavy (non-hydrogen) atoms. The first-order valence-electron chi connectivity index (χ1n) is 13.2. The van der Waals surface area contributed by atoms with Gasteiger partial charge in [0.1, 0.15) is 11.4 Å². The molecule has 0 N–H and O–H groups in total. The van der Waals surface area contributed by atoms with Crippen molar-refractivity contribution in [3.8, 4) is 5.75 Å². The van der Waals surface area contributed by atoms with Gasteiger partial charge in [-0.1, -0.05) is 94.7 Å². The summed E-state index contributed by atoms with van der Waals surface area (Å²) < 4.78 is 12.1. The summed E-state index contributed by atoms with van der Waals surface area (Å²) in [6, 6.07) is 18.7. The summed E-state index contributed by atoms with van der Waals surface area (Å²) in [6.07, 6.45) is 11.3. The van der Waals surface area contributed by atoms with Crippen LogP contribution in [0.3, 0.4) is 0 Å². The zero-order chi connectivity index (χ0) is 24.4. The molecule has 0 aromatic heterocycles. The van der Waals surface area contributed by atoms with Crippen molar-refractivity contribution in [2.75, 3.05) is 0 Å². The van der Waals surface area contributed by atoms with Crippen molar-refractivity contribution in [1.82, 2.24) is 0 Å². The van der Waals surface area contributed by atoms with E-state index < -0.39 is 11.7 Å². The van der Waals surface area contributed by atoms with Crippen molar-refractivity contribution in [3.05, 3.63) is 54.6 Å². The first-order valence-corrected chi connectivity index (χ1v) is 13.2. The summed E-state index contributed by atoms with van der Waals surface area (Å²) in [5.74, 6) is 0.472. The zero-order valence-electron chi connectivity index (χ0n) is 21.6. The summed E-state index contributed by atoms with van der Waals surface area (Å²) in [6.45, 7) is 7.98. The van der Waals surface area contributed by atoms with Crippen LogP contribution in [0.5, 0.6) is 5.75 Å². The molecule has 0 radical (unpaired) electrons. The third kappa shape index (κ3) is 8.04. The quantitative estimate of drug-likeness (QED) is 0.144. The molecule has 0 fully saturated rings. The van der Waals surface area contributed by atoms with Gasteiger partial charge in [0.05, 0.1) is 0 Å². The lowest BCUT2D eigenvalue weighted by Crippen LogP contribution is -2.35. The summed E-state index contributed by atoms with van der Waals surface area (Å²) in [5, 5.41) is 4.51. The Morgan fingerprint density at radius 1 is 0.765 bits per heavy atom. The molecule has 3 heteroatoms. The molecule has 0 aliphatic carbocycles. The number of ether oxygens (including phenoxy) is 2. The molecule has 0 saturated carbocycles. The molecule has 0 amide bonds. The van der Waals surface area contributed by atoms with Crippen molar-refractivity contribution in [2.24, 2.45) is 0 Å². The second kappa shape index (κ2) is 12.8. The molecule has 184 valence electrons. The Kier molecular flexibility index (Phi) is 9.80. The van der Waals surface area contributed by atoms with Gasteiger partial charge in [-0.2, -0.15) is 0 Å². The maximum Gasteiger partial charge on any atom is 0.347 e. The second-order valence-electron chi connectivity index (χ2n) is 10.4. The molecule has 0 saturated heterocycles. The Bertz CT molecular complexity index is 1050. The van der Waals surface area contributed by atoms with E-state index in [-0.39, 0.29) is 5.97 Å². The summed E-state index contributed by atoms with van der Waals surface area (Å²) in [4.78, 5) is 13.0. The van der Waals surface area contributed by atoms with Crippen molar-refractivity contribution in [2.45, 2.75) is 104 Å². The van der Waals surface area contributed by atoms with Crippen LogP contribution in [0.2, 0.25) is 0 Å². The van der Waals surface area contributed by atoms with Crippen LogP contribution >= 0.6 is 0 Å². The second-order valence-corrected chi connectivity index (χ2v) is 10.4. The van der Waals surface area contributed by atoms with Crippen molar-refractivity contribution in [1.29, 1.82) is 0 Å². The molecule has 3 rings (SSSR count). The predicted molar refractivity (Wildman–Crippen MR) is 144 cm³/mol. The molecule has 0 bridgehead atoms. The molecule has 3 aromatic rings. The normalized spacial score (nSPS) is 12.7.